The van der Waals surface area contributed by atoms with Crippen molar-refractivity contribution < 1.29 is 13.2 Å². The molecule has 0 radical (unpaired) electrons. The van der Waals surface area contributed by atoms with Crippen molar-refractivity contribution in [2.75, 3.05) is 44.2 Å². The highest BCUT2D eigenvalue weighted by Crippen LogP contribution is 2.31. The van der Waals surface area contributed by atoms with Crippen molar-refractivity contribution in [3.8, 4) is 0 Å². The summed E-state index contributed by atoms with van der Waals surface area (Å²) < 4.78 is 38.6. The Kier molecular flexibility index (Phi) is 6.97. The molecule has 0 saturated carbocycles. The Labute approximate surface area is 159 Å². The average Bonchev–Trinajstić information content (AvgIpc) is 2.57. The third kappa shape index (κ3) is 7.28. The van der Waals surface area contributed by atoms with Gasteiger partial charge in [0, 0.05) is 50.5 Å². The van der Waals surface area contributed by atoms with Crippen LogP contribution in [0.4, 0.5) is 18.9 Å². The minimum absolute atomic E-state index is 0.104. The third-order valence-corrected chi connectivity index (χ3v) is 4.33. The van der Waals surface area contributed by atoms with Crippen molar-refractivity contribution in [3.63, 3.8) is 0 Å². The van der Waals surface area contributed by atoms with Crippen molar-refractivity contribution in [3.05, 3.63) is 29.8 Å². The summed E-state index contributed by atoms with van der Waals surface area (Å²) in [5.74, 6) is 0.455. The number of alkyl halides is 3. The minimum Gasteiger partial charge on any atom is -0.370 e. The van der Waals surface area contributed by atoms with Crippen molar-refractivity contribution in [1.29, 1.82) is 0 Å². The fourth-order valence-corrected chi connectivity index (χ4v) is 3.03. The first-order valence-corrected chi connectivity index (χ1v) is 9.27. The Morgan fingerprint density at radius 1 is 1.15 bits per heavy atom. The van der Waals surface area contributed by atoms with Gasteiger partial charge in [-0.1, -0.05) is 6.07 Å². The van der Waals surface area contributed by atoms with E-state index in [4.69, 9.17) is 5.73 Å². The Balaban J connectivity index is 1.75. The molecule has 2 rings (SSSR count). The summed E-state index contributed by atoms with van der Waals surface area (Å²) in [4.78, 5) is 8.65. The highest BCUT2D eigenvalue weighted by molar-refractivity contribution is 5.78. The zero-order chi connectivity index (χ0) is 20.1. The number of hydrogen-bond acceptors (Lipinski definition) is 3. The number of nitrogens with one attached hydrogen (secondary N) is 1. The lowest BCUT2D eigenvalue weighted by Crippen LogP contribution is -2.47. The first-order valence-electron chi connectivity index (χ1n) is 9.27. The molecule has 0 aliphatic carbocycles. The predicted octanol–water partition coefficient (Wildman–Crippen LogP) is 2.92. The van der Waals surface area contributed by atoms with Gasteiger partial charge in [-0.05, 0) is 45.4 Å². The van der Waals surface area contributed by atoms with E-state index in [0.717, 1.165) is 45.2 Å². The van der Waals surface area contributed by atoms with Gasteiger partial charge in [-0.3, -0.25) is 9.89 Å². The highest BCUT2D eigenvalue weighted by atomic mass is 19.4. The van der Waals surface area contributed by atoms with Crippen molar-refractivity contribution in [2.45, 2.75) is 38.9 Å². The fourth-order valence-electron chi connectivity index (χ4n) is 3.03. The van der Waals surface area contributed by atoms with E-state index >= 15 is 0 Å². The van der Waals surface area contributed by atoms with E-state index in [1.54, 1.807) is 6.07 Å². The lowest BCUT2D eigenvalue weighted by atomic mass is 10.1. The number of nitrogens with zero attached hydrogens (tertiary/aromatic N) is 3. The van der Waals surface area contributed by atoms with E-state index in [2.05, 4.69) is 15.2 Å². The molecule has 1 aromatic carbocycles. The molecule has 152 valence electrons. The van der Waals surface area contributed by atoms with Crippen LogP contribution in [0.25, 0.3) is 0 Å². The monoisotopic (exact) mass is 385 g/mol. The fraction of sp³-hybridized carbons (Fsp3) is 0.632. The summed E-state index contributed by atoms with van der Waals surface area (Å²) in [5.41, 5.74) is 5.78. The summed E-state index contributed by atoms with van der Waals surface area (Å²) in [5, 5.41) is 3.12. The molecule has 0 bridgehead atoms. The molecular weight excluding hydrogens is 355 g/mol. The van der Waals surface area contributed by atoms with E-state index in [1.165, 1.54) is 12.1 Å². The molecule has 5 nitrogen and oxygen atoms in total. The van der Waals surface area contributed by atoms with Crippen LogP contribution < -0.4 is 16.0 Å². The summed E-state index contributed by atoms with van der Waals surface area (Å²) in [6, 6.07) is 5.55. The zero-order valence-corrected chi connectivity index (χ0v) is 16.3. The molecule has 0 spiro atoms. The van der Waals surface area contributed by atoms with Crippen LogP contribution in [0.5, 0.6) is 0 Å². The quantitative estimate of drug-likeness (QED) is 0.465. The zero-order valence-electron chi connectivity index (χ0n) is 16.3. The number of benzene rings is 1. The third-order valence-electron chi connectivity index (χ3n) is 4.33. The number of halogens is 3. The lowest BCUT2D eigenvalue weighted by molar-refractivity contribution is -0.137. The van der Waals surface area contributed by atoms with Crippen LogP contribution in [0.15, 0.2) is 29.3 Å². The minimum atomic E-state index is -4.30. The largest absolute Gasteiger partial charge is 0.416 e. The van der Waals surface area contributed by atoms with Crippen LogP contribution >= 0.6 is 0 Å². The second-order valence-corrected chi connectivity index (χ2v) is 7.87. The van der Waals surface area contributed by atoms with Gasteiger partial charge in [0.1, 0.15) is 0 Å². The summed E-state index contributed by atoms with van der Waals surface area (Å²) in [6.07, 6.45) is -3.40. The van der Waals surface area contributed by atoms with Gasteiger partial charge in [0.2, 0.25) is 0 Å². The van der Waals surface area contributed by atoms with E-state index in [0.29, 0.717) is 18.2 Å². The van der Waals surface area contributed by atoms with Crippen LogP contribution in [0.3, 0.4) is 0 Å². The van der Waals surface area contributed by atoms with Gasteiger partial charge in [-0.25, -0.2) is 0 Å². The standard InChI is InChI=1S/C19H30F3N5/c1-18(2,3)25-17(23)24-8-5-9-26-10-12-27(13-11-26)16-7-4-6-15(14-16)19(20,21)22/h4,6-7,14H,5,8-13H2,1-3H3,(H3,23,24,25). The molecule has 1 aliphatic heterocycles. The van der Waals surface area contributed by atoms with Crippen LogP contribution in [-0.4, -0.2) is 55.7 Å². The summed E-state index contributed by atoms with van der Waals surface area (Å²) in [6.45, 7) is 10.7. The van der Waals surface area contributed by atoms with E-state index in [9.17, 15) is 13.2 Å². The number of aliphatic imine (C=N–C) groups is 1. The van der Waals surface area contributed by atoms with E-state index in [-0.39, 0.29) is 5.54 Å². The van der Waals surface area contributed by atoms with Gasteiger partial charge >= 0.3 is 6.18 Å². The van der Waals surface area contributed by atoms with Gasteiger partial charge in [-0.2, -0.15) is 13.2 Å². The molecule has 1 fully saturated rings. The number of nitrogens with two attached hydrogens (primary N) is 1. The molecule has 1 aliphatic rings. The molecular formula is C19H30F3N5. The molecule has 0 amide bonds. The Hall–Kier alpha value is -1.96. The Bertz CT molecular complexity index is 629. The number of anilines is 1. The first-order chi connectivity index (χ1) is 12.5. The number of guanidine groups is 1. The molecule has 8 heteroatoms. The van der Waals surface area contributed by atoms with Gasteiger partial charge in [-0.15, -0.1) is 0 Å². The molecule has 1 aromatic rings. The summed E-state index contributed by atoms with van der Waals surface area (Å²) in [7, 11) is 0. The molecule has 3 N–H and O–H groups in total. The number of rotatable bonds is 5. The second kappa shape index (κ2) is 8.82. The van der Waals surface area contributed by atoms with Crippen molar-refractivity contribution >= 4 is 11.6 Å². The van der Waals surface area contributed by atoms with Gasteiger partial charge in [0.25, 0.3) is 0 Å². The molecule has 27 heavy (non-hydrogen) atoms. The average molecular weight is 385 g/mol. The number of hydrogen-bond donors (Lipinski definition) is 2. The summed E-state index contributed by atoms with van der Waals surface area (Å²) >= 11 is 0. The Morgan fingerprint density at radius 2 is 1.81 bits per heavy atom. The first kappa shape index (κ1) is 21.3. The maximum absolute atomic E-state index is 12.9. The van der Waals surface area contributed by atoms with Crippen molar-refractivity contribution in [2.24, 2.45) is 10.7 Å². The number of piperazine rings is 1. The van der Waals surface area contributed by atoms with Crippen LogP contribution in [0.1, 0.15) is 32.8 Å². The smallest absolute Gasteiger partial charge is 0.370 e. The highest BCUT2D eigenvalue weighted by Gasteiger charge is 2.31. The van der Waals surface area contributed by atoms with Crippen LogP contribution in [0, 0.1) is 0 Å². The van der Waals surface area contributed by atoms with Crippen LogP contribution in [0.2, 0.25) is 0 Å². The molecule has 0 aromatic heterocycles. The Morgan fingerprint density at radius 3 is 2.41 bits per heavy atom. The maximum Gasteiger partial charge on any atom is 0.416 e. The molecule has 1 saturated heterocycles. The lowest BCUT2D eigenvalue weighted by Gasteiger charge is -2.36. The molecule has 1 heterocycles. The second-order valence-electron chi connectivity index (χ2n) is 7.87. The maximum atomic E-state index is 12.9. The van der Waals surface area contributed by atoms with Crippen molar-refractivity contribution in [1.82, 2.24) is 10.2 Å². The molecule has 0 unspecified atom stereocenters. The predicted molar refractivity (Wildman–Crippen MR) is 104 cm³/mol. The van der Waals surface area contributed by atoms with E-state index in [1.807, 2.05) is 25.7 Å². The van der Waals surface area contributed by atoms with Gasteiger partial charge in [0.05, 0.1) is 5.56 Å². The van der Waals surface area contributed by atoms with Gasteiger partial charge < -0.3 is 16.0 Å². The van der Waals surface area contributed by atoms with Gasteiger partial charge in [0.15, 0.2) is 5.96 Å². The van der Waals surface area contributed by atoms with E-state index < -0.39 is 11.7 Å². The normalized spacial score (nSPS) is 17.3. The molecule has 0 atom stereocenters. The van der Waals surface area contributed by atoms with Crippen LogP contribution in [-0.2, 0) is 6.18 Å². The SMILES string of the molecule is CC(C)(C)NC(N)=NCCCN1CCN(c2cccc(C(F)(F)F)c2)CC1. The topological polar surface area (TPSA) is 56.9 Å².